The third-order valence-corrected chi connectivity index (χ3v) is 4.21. The highest BCUT2D eigenvalue weighted by Crippen LogP contribution is 2.23. The van der Waals surface area contributed by atoms with Gasteiger partial charge in [0.25, 0.3) is 5.91 Å². The van der Waals surface area contributed by atoms with Crippen molar-refractivity contribution in [3.63, 3.8) is 0 Å². The zero-order valence-electron chi connectivity index (χ0n) is 16.4. The average Bonchev–Trinajstić information content (AvgIpc) is 2.76. The molecule has 0 fully saturated rings. The van der Waals surface area contributed by atoms with Crippen LogP contribution in [0.4, 0.5) is 17.3 Å². The van der Waals surface area contributed by atoms with Crippen LogP contribution in [0.15, 0.2) is 91.0 Å². The molecule has 0 saturated heterocycles. The molecule has 0 aliphatic carbocycles. The summed E-state index contributed by atoms with van der Waals surface area (Å²) in [5.74, 6) is 1.50. The van der Waals surface area contributed by atoms with Gasteiger partial charge in [-0.2, -0.15) is 0 Å². The average molecular weight is 396 g/mol. The molecule has 6 nitrogen and oxygen atoms in total. The number of hydrogen-bond acceptors (Lipinski definition) is 5. The van der Waals surface area contributed by atoms with Gasteiger partial charge in [0, 0.05) is 17.1 Å². The highest BCUT2D eigenvalue weighted by atomic mass is 16.5. The lowest BCUT2D eigenvalue weighted by atomic mass is 10.2. The molecule has 1 heterocycles. The van der Waals surface area contributed by atoms with Crippen LogP contribution < -0.4 is 15.4 Å². The Hall–Kier alpha value is -4.19. The van der Waals surface area contributed by atoms with Crippen LogP contribution in [-0.4, -0.2) is 15.9 Å². The van der Waals surface area contributed by atoms with Crippen molar-refractivity contribution in [2.45, 2.75) is 6.92 Å². The number of ether oxygens (including phenoxy) is 1. The molecule has 0 atom stereocenters. The molecular formula is C24H20N4O2. The molecule has 0 unspecified atom stereocenters. The molecule has 2 N–H and O–H groups in total. The van der Waals surface area contributed by atoms with E-state index in [4.69, 9.17) is 4.74 Å². The van der Waals surface area contributed by atoms with Crippen LogP contribution in [0.1, 0.15) is 16.2 Å². The van der Waals surface area contributed by atoms with Crippen molar-refractivity contribution in [2.75, 3.05) is 10.6 Å². The van der Waals surface area contributed by atoms with Gasteiger partial charge in [0.15, 0.2) is 0 Å². The number of nitrogens with one attached hydrogen (secondary N) is 2. The van der Waals surface area contributed by atoms with Crippen molar-refractivity contribution < 1.29 is 9.53 Å². The van der Waals surface area contributed by atoms with E-state index in [1.807, 2.05) is 67.6 Å². The second-order valence-corrected chi connectivity index (χ2v) is 6.60. The van der Waals surface area contributed by atoms with Gasteiger partial charge in [0.05, 0.1) is 0 Å². The molecule has 0 aliphatic heterocycles. The molecule has 148 valence electrons. The Morgan fingerprint density at radius 3 is 2.10 bits per heavy atom. The Balaban J connectivity index is 1.44. The van der Waals surface area contributed by atoms with Gasteiger partial charge in [0.2, 0.25) is 5.95 Å². The van der Waals surface area contributed by atoms with Gasteiger partial charge < -0.3 is 15.4 Å². The second-order valence-electron chi connectivity index (χ2n) is 6.60. The van der Waals surface area contributed by atoms with Crippen molar-refractivity contribution in [1.82, 2.24) is 9.97 Å². The van der Waals surface area contributed by atoms with E-state index in [0.29, 0.717) is 23.1 Å². The molecule has 30 heavy (non-hydrogen) atoms. The van der Waals surface area contributed by atoms with Crippen LogP contribution in [-0.2, 0) is 0 Å². The number of nitrogens with zero attached hydrogens (tertiary/aromatic N) is 2. The van der Waals surface area contributed by atoms with E-state index in [1.54, 1.807) is 30.3 Å². The van der Waals surface area contributed by atoms with Gasteiger partial charge >= 0.3 is 0 Å². The van der Waals surface area contributed by atoms with E-state index in [1.165, 1.54) is 0 Å². The first kappa shape index (κ1) is 19.1. The van der Waals surface area contributed by atoms with Crippen molar-refractivity contribution in [2.24, 2.45) is 0 Å². The predicted molar refractivity (Wildman–Crippen MR) is 117 cm³/mol. The maximum absolute atomic E-state index is 12.7. The minimum absolute atomic E-state index is 0.283. The van der Waals surface area contributed by atoms with E-state index >= 15 is 0 Å². The number of amides is 1. The van der Waals surface area contributed by atoms with Gasteiger partial charge in [0.1, 0.15) is 17.2 Å². The summed E-state index contributed by atoms with van der Waals surface area (Å²) in [6, 6.07) is 27.9. The summed E-state index contributed by atoms with van der Waals surface area (Å²) >= 11 is 0. The number of anilines is 3. The van der Waals surface area contributed by atoms with Crippen LogP contribution in [0.5, 0.6) is 11.5 Å². The van der Waals surface area contributed by atoms with Crippen molar-refractivity contribution in [1.29, 1.82) is 0 Å². The fourth-order valence-electron chi connectivity index (χ4n) is 2.82. The van der Waals surface area contributed by atoms with Crippen molar-refractivity contribution in [3.8, 4) is 11.5 Å². The maximum atomic E-state index is 12.7. The zero-order chi connectivity index (χ0) is 20.8. The van der Waals surface area contributed by atoms with Crippen LogP contribution in [0.3, 0.4) is 0 Å². The van der Waals surface area contributed by atoms with Crippen LogP contribution >= 0.6 is 0 Å². The minimum Gasteiger partial charge on any atom is -0.457 e. The summed E-state index contributed by atoms with van der Waals surface area (Å²) in [5.41, 5.74) is 2.48. The van der Waals surface area contributed by atoms with E-state index in [2.05, 4.69) is 20.6 Å². The molecule has 1 aromatic heterocycles. The fraction of sp³-hybridized carbons (Fsp3) is 0.0417. The van der Waals surface area contributed by atoms with E-state index in [9.17, 15) is 4.79 Å². The molecule has 4 rings (SSSR count). The summed E-state index contributed by atoms with van der Waals surface area (Å²) in [6.45, 7) is 1.82. The van der Waals surface area contributed by atoms with Crippen LogP contribution in [0.25, 0.3) is 0 Å². The second kappa shape index (κ2) is 8.87. The Kier molecular flexibility index (Phi) is 5.66. The smallest absolute Gasteiger partial charge is 0.274 e. The number of hydrogen-bond donors (Lipinski definition) is 2. The van der Waals surface area contributed by atoms with Crippen LogP contribution in [0, 0.1) is 6.92 Å². The lowest BCUT2D eigenvalue weighted by Crippen LogP contribution is -2.15. The third-order valence-electron chi connectivity index (χ3n) is 4.21. The number of benzene rings is 3. The Labute approximate surface area is 174 Å². The molecule has 0 saturated carbocycles. The molecule has 0 spiro atoms. The summed E-state index contributed by atoms with van der Waals surface area (Å²) in [4.78, 5) is 21.4. The fourth-order valence-corrected chi connectivity index (χ4v) is 2.82. The van der Waals surface area contributed by atoms with Crippen LogP contribution in [0.2, 0.25) is 0 Å². The first-order valence-corrected chi connectivity index (χ1v) is 9.48. The molecule has 4 aromatic rings. The van der Waals surface area contributed by atoms with Crippen molar-refractivity contribution >= 4 is 23.2 Å². The third kappa shape index (κ3) is 4.99. The lowest BCUT2D eigenvalue weighted by Gasteiger charge is -2.10. The van der Waals surface area contributed by atoms with Gasteiger partial charge in [-0.1, -0.05) is 36.4 Å². The normalized spacial score (nSPS) is 10.3. The van der Waals surface area contributed by atoms with Crippen molar-refractivity contribution in [3.05, 3.63) is 102 Å². The molecule has 6 heteroatoms. The quantitative estimate of drug-likeness (QED) is 0.445. The summed E-state index contributed by atoms with van der Waals surface area (Å²) < 4.78 is 5.77. The minimum atomic E-state index is -0.312. The summed E-state index contributed by atoms with van der Waals surface area (Å²) in [7, 11) is 0. The van der Waals surface area contributed by atoms with Gasteiger partial charge in [-0.05, 0) is 61.5 Å². The SMILES string of the molecule is Cc1cc(C(=O)Nc2ccc(Oc3ccccc3)cc2)nc(Nc2ccccc2)n1. The number of rotatable bonds is 6. The predicted octanol–water partition coefficient (Wildman–Crippen LogP) is 5.57. The number of aromatic nitrogens is 2. The summed E-state index contributed by atoms with van der Waals surface area (Å²) in [5, 5.41) is 5.97. The number of aryl methyl sites for hydroxylation is 1. The highest BCUT2D eigenvalue weighted by molar-refractivity contribution is 6.03. The maximum Gasteiger partial charge on any atom is 0.274 e. The topological polar surface area (TPSA) is 76.1 Å². The van der Waals surface area contributed by atoms with E-state index < -0.39 is 0 Å². The first-order valence-electron chi connectivity index (χ1n) is 9.48. The van der Waals surface area contributed by atoms with E-state index in [-0.39, 0.29) is 11.6 Å². The molecule has 0 aliphatic rings. The van der Waals surface area contributed by atoms with Gasteiger partial charge in [-0.3, -0.25) is 4.79 Å². The standard InChI is InChI=1S/C24H20N4O2/c1-17-16-22(28-24(25-17)27-18-8-4-2-5-9-18)23(29)26-19-12-14-21(15-13-19)30-20-10-6-3-7-11-20/h2-16H,1H3,(H,26,29)(H,25,27,28). The Morgan fingerprint density at radius 2 is 1.40 bits per heavy atom. The number of carbonyl (C=O) groups is 1. The zero-order valence-corrected chi connectivity index (χ0v) is 16.4. The molecule has 0 radical (unpaired) electrons. The Bertz CT molecular complexity index is 1130. The van der Waals surface area contributed by atoms with Gasteiger partial charge in [-0.15, -0.1) is 0 Å². The summed E-state index contributed by atoms with van der Waals surface area (Å²) in [6.07, 6.45) is 0. The molecule has 0 bridgehead atoms. The highest BCUT2D eigenvalue weighted by Gasteiger charge is 2.11. The van der Waals surface area contributed by atoms with E-state index in [0.717, 1.165) is 11.4 Å². The molecule has 3 aromatic carbocycles. The molecule has 1 amide bonds. The number of carbonyl (C=O) groups excluding carboxylic acids is 1. The monoisotopic (exact) mass is 396 g/mol. The largest absolute Gasteiger partial charge is 0.457 e. The molecular weight excluding hydrogens is 376 g/mol. The van der Waals surface area contributed by atoms with Gasteiger partial charge in [-0.25, -0.2) is 9.97 Å². The first-order chi connectivity index (χ1) is 14.7. The Morgan fingerprint density at radius 1 is 0.767 bits per heavy atom. The lowest BCUT2D eigenvalue weighted by molar-refractivity contribution is 0.102. The number of para-hydroxylation sites is 2.